The Bertz CT molecular complexity index is 992. The number of aliphatic hydroxyl groups is 2. The van der Waals surface area contributed by atoms with E-state index in [4.69, 9.17) is 0 Å². The number of hydrogen-bond acceptors (Lipinski definition) is 5. The Balaban J connectivity index is 1.92. The van der Waals surface area contributed by atoms with Gasteiger partial charge in [-0.25, -0.2) is 9.18 Å². The van der Waals surface area contributed by atoms with Gasteiger partial charge in [-0.1, -0.05) is 25.5 Å². The van der Waals surface area contributed by atoms with Gasteiger partial charge in [-0.3, -0.25) is 14.5 Å². The Kier molecular flexibility index (Phi) is 5.69. The second-order valence-electron chi connectivity index (χ2n) is 11.5. The number of carbonyl (C=O) groups is 3. The molecule has 0 bridgehead atoms. The van der Waals surface area contributed by atoms with Gasteiger partial charge in [0.05, 0.1) is 6.10 Å². The van der Waals surface area contributed by atoms with E-state index in [-0.39, 0.29) is 12.2 Å². The summed E-state index contributed by atoms with van der Waals surface area (Å²) in [5.41, 5.74) is -5.24. The zero-order valence-corrected chi connectivity index (χ0v) is 20.5. The Labute approximate surface area is 199 Å². The standard InChI is InChI=1S/C26H36FNO6/c1-14(2)28(22(33)34)26(21(32)13-29)15(3)10-19-18-7-6-16-11-17(30)8-9-23(16,4)25(18,27)20(31)12-24(19,26)5/h8-9,11,14-15,18-20,29,31H,6-7,10,12-13H2,1-5H3,(H,33,34)/t15-,18?,19?,20-,23-,24-,25?,26+/m0/s1. The number of ketones is 2. The van der Waals surface area contributed by atoms with E-state index in [1.807, 2.05) is 0 Å². The van der Waals surface area contributed by atoms with Crippen molar-refractivity contribution in [2.75, 3.05) is 6.61 Å². The molecule has 0 aromatic rings. The van der Waals surface area contributed by atoms with Crippen LogP contribution in [0.15, 0.2) is 23.8 Å². The molecule has 3 N–H and O–H groups in total. The first-order valence-electron chi connectivity index (χ1n) is 12.2. The molecule has 0 aliphatic heterocycles. The van der Waals surface area contributed by atoms with Crippen LogP contribution in [0, 0.1) is 28.6 Å². The highest BCUT2D eigenvalue weighted by atomic mass is 19.1. The average Bonchev–Trinajstić information content (AvgIpc) is 2.96. The van der Waals surface area contributed by atoms with Crippen LogP contribution in [-0.4, -0.2) is 67.8 Å². The maximum atomic E-state index is 17.3. The lowest BCUT2D eigenvalue weighted by Gasteiger charge is -2.64. The summed E-state index contributed by atoms with van der Waals surface area (Å²) in [5.74, 6) is -2.31. The highest BCUT2D eigenvalue weighted by Crippen LogP contribution is 2.71. The van der Waals surface area contributed by atoms with Crippen molar-refractivity contribution in [2.24, 2.45) is 28.6 Å². The fourth-order valence-electron chi connectivity index (χ4n) is 8.69. The van der Waals surface area contributed by atoms with Gasteiger partial charge in [0.1, 0.15) is 12.1 Å². The first-order valence-corrected chi connectivity index (χ1v) is 12.2. The minimum Gasteiger partial charge on any atom is -0.465 e. The van der Waals surface area contributed by atoms with Crippen molar-refractivity contribution in [2.45, 2.75) is 83.7 Å². The van der Waals surface area contributed by atoms with Crippen LogP contribution < -0.4 is 0 Å². The Hall–Kier alpha value is -2.06. The van der Waals surface area contributed by atoms with Gasteiger partial charge in [-0.15, -0.1) is 0 Å². The third-order valence-corrected chi connectivity index (χ3v) is 9.89. The van der Waals surface area contributed by atoms with Crippen molar-refractivity contribution in [1.29, 1.82) is 0 Å². The van der Waals surface area contributed by atoms with Gasteiger partial charge in [0, 0.05) is 22.8 Å². The first kappa shape index (κ1) is 25.0. The quantitative estimate of drug-likeness (QED) is 0.572. The number of nitrogens with zero attached hydrogens (tertiary/aromatic N) is 1. The molecule has 0 heterocycles. The summed E-state index contributed by atoms with van der Waals surface area (Å²) in [6.07, 6.45) is 2.81. The topological polar surface area (TPSA) is 115 Å². The van der Waals surface area contributed by atoms with E-state index in [1.54, 1.807) is 40.7 Å². The van der Waals surface area contributed by atoms with E-state index < -0.39 is 70.4 Å². The van der Waals surface area contributed by atoms with Gasteiger partial charge in [-0.2, -0.15) is 0 Å². The SMILES string of the molecule is CC(C)N(C(=O)O)[C@@]1(C(=O)CO)[C@@H](C)CC2C3CCC4=CC(=O)C=C[C@]4(C)C3(F)[C@@H](O)C[C@@]21C. The van der Waals surface area contributed by atoms with Crippen molar-refractivity contribution in [1.82, 2.24) is 4.90 Å². The molecule has 0 aromatic heterocycles. The van der Waals surface area contributed by atoms with E-state index in [9.17, 15) is 29.7 Å². The van der Waals surface area contributed by atoms with Crippen molar-refractivity contribution in [3.63, 3.8) is 0 Å². The zero-order chi connectivity index (χ0) is 25.4. The second-order valence-corrected chi connectivity index (χ2v) is 11.5. The van der Waals surface area contributed by atoms with Crippen molar-refractivity contribution in [3.05, 3.63) is 23.8 Å². The number of hydrogen-bond donors (Lipinski definition) is 3. The van der Waals surface area contributed by atoms with E-state index in [2.05, 4.69) is 0 Å². The lowest BCUT2D eigenvalue weighted by molar-refractivity contribution is -0.209. The van der Waals surface area contributed by atoms with Crippen molar-refractivity contribution >= 4 is 17.7 Å². The maximum Gasteiger partial charge on any atom is 0.408 e. The number of aliphatic hydroxyl groups excluding tert-OH is 2. The lowest BCUT2D eigenvalue weighted by atomic mass is 9.44. The third-order valence-electron chi connectivity index (χ3n) is 9.89. The van der Waals surface area contributed by atoms with Crippen LogP contribution in [-0.2, 0) is 9.59 Å². The number of halogens is 1. The summed E-state index contributed by atoms with van der Waals surface area (Å²) < 4.78 is 17.3. The maximum absolute atomic E-state index is 17.3. The first-order chi connectivity index (χ1) is 15.7. The molecule has 8 atom stereocenters. The van der Waals surface area contributed by atoms with Gasteiger partial charge in [0.2, 0.25) is 0 Å². The fourth-order valence-corrected chi connectivity index (χ4v) is 8.69. The number of alkyl halides is 1. The summed E-state index contributed by atoms with van der Waals surface area (Å²) in [6, 6.07) is -0.564. The summed E-state index contributed by atoms with van der Waals surface area (Å²) in [6.45, 7) is 7.86. The summed E-state index contributed by atoms with van der Waals surface area (Å²) in [5, 5.41) is 31.7. The molecule has 0 saturated heterocycles. The van der Waals surface area contributed by atoms with E-state index in [1.165, 1.54) is 12.2 Å². The number of fused-ring (bicyclic) bond motifs is 5. The smallest absolute Gasteiger partial charge is 0.408 e. The Morgan fingerprint density at radius 1 is 1.26 bits per heavy atom. The molecule has 7 nitrogen and oxygen atoms in total. The monoisotopic (exact) mass is 477 g/mol. The normalized spacial score (nSPS) is 45.3. The van der Waals surface area contributed by atoms with Crippen LogP contribution in [0.25, 0.3) is 0 Å². The largest absolute Gasteiger partial charge is 0.465 e. The predicted molar refractivity (Wildman–Crippen MR) is 123 cm³/mol. The Morgan fingerprint density at radius 3 is 2.47 bits per heavy atom. The second kappa shape index (κ2) is 7.72. The molecule has 4 aliphatic carbocycles. The molecule has 34 heavy (non-hydrogen) atoms. The fraction of sp³-hybridized carbons (Fsp3) is 0.731. The molecule has 3 fully saturated rings. The molecular formula is C26H36FNO6. The highest BCUT2D eigenvalue weighted by Gasteiger charge is 2.77. The molecule has 0 radical (unpaired) electrons. The molecule has 3 saturated carbocycles. The predicted octanol–water partition coefficient (Wildman–Crippen LogP) is 3.29. The average molecular weight is 478 g/mol. The summed E-state index contributed by atoms with van der Waals surface area (Å²) >= 11 is 0. The minimum atomic E-state index is -2.07. The minimum absolute atomic E-state index is 0.123. The number of rotatable bonds is 4. The van der Waals surface area contributed by atoms with E-state index >= 15 is 4.39 Å². The van der Waals surface area contributed by atoms with Crippen LogP contribution in [0.1, 0.15) is 60.3 Å². The molecule has 8 heteroatoms. The molecule has 3 unspecified atom stereocenters. The molecule has 0 spiro atoms. The van der Waals surface area contributed by atoms with Gasteiger partial charge in [0.25, 0.3) is 0 Å². The Morgan fingerprint density at radius 2 is 1.91 bits per heavy atom. The molecule has 188 valence electrons. The molecule has 1 amide bonds. The van der Waals surface area contributed by atoms with Crippen LogP contribution in [0.3, 0.4) is 0 Å². The number of amides is 1. The number of carboxylic acid groups (broad SMARTS) is 1. The molecule has 4 aliphatic rings. The summed E-state index contributed by atoms with van der Waals surface area (Å²) in [4.78, 5) is 39.2. The summed E-state index contributed by atoms with van der Waals surface area (Å²) in [7, 11) is 0. The van der Waals surface area contributed by atoms with Crippen LogP contribution >= 0.6 is 0 Å². The van der Waals surface area contributed by atoms with Crippen molar-refractivity contribution < 1.29 is 34.1 Å². The number of allylic oxidation sites excluding steroid dienone is 4. The molecule has 4 rings (SSSR count). The van der Waals surface area contributed by atoms with Gasteiger partial charge in [0.15, 0.2) is 17.2 Å². The van der Waals surface area contributed by atoms with Gasteiger partial charge in [-0.05, 0) is 70.4 Å². The van der Waals surface area contributed by atoms with Gasteiger partial charge >= 0.3 is 6.09 Å². The molecular weight excluding hydrogens is 441 g/mol. The number of carbonyl (C=O) groups excluding carboxylic acids is 2. The van der Waals surface area contributed by atoms with Crippen LogP contribution in [0.5, 0.6) is 0 Å². The van der Waals surface area contributed by atoms with E-state index in [0.717, 1.165) is 4.90 Å². The van der Waals surface area contributed by atoms with Crippen LogP contribution in [0.4, 0.5) is 9.18 Å². The zero-order valence-electron chi connectivity index (χ0n) is 20.5. The van der Waals surface area contributed by atoms with E-state index in [0.29, 0.717) is 24.8 Å². The van der Waals surface area contributed by atoms with Crippen LogP contribution in [0.2, 0.25) is 0 Å². The van der Waals surface area contributed by atoms with Crippen molar-refractivity contribution in [3.8, 4) is 0 Å². The third kappa shape index (κ3) is 2.72. The van der Waals surface area contributed by atoms with Gasteiger partial charge < -0.3 is 15.3 Å². The lowest BCUT2D eigenvalue weighted by Crippen LogP contribution is -2.74. The molecule has 0 aromatic carbocycles. The number of Topliss-reactive ketones (excluding diaryl/α,β-unsaturated/α-hetero) is 1. The highest BCUT2D eigenvalue weighted by molar-refractivity contribution is 6.01.